The number of ether oxygens (including phenoxy) is 1. The summed E-state index contributed by atoms with van der Waals surface area (Å²) >= 11 is 0. The molecule has 2 rings (SSSR count). The van der Waals surface area contributed by atoms with Gasteiger partial charge >= 0.3 is 0 Å². The highest BCUT2D eigenvalue weighted by Crippen LogP contribution is 2.30. The Balaban J connectivity index is 2.15. The molecular formula is C16H19NO2. The number of phenols is 1. The van der Waals surface area contributed by atoms with Crippen molar-refractivity contribution in [1.82, 2.24) is 0 Å². The minimum Gasteiger partial charge on any atom is -0.504 e. The van der Waals surface area contributed by atoms with E-state index < -0.39 is 0 Å². The lowest BCUT2D eigenvalue weighted by atomic mass is 10.1. The lowest BCUT2D eigenvalue weighted by Crippen LogP contribution is -2.02. The van der Waals surface area contributed by atoms with E-state index in [-0.39, 0.29) is 5.75 Å². The van der Waals surface area contributed by atoms with Gasteiger partial charge in [-0.15, -0.1) is 0 Å². The van der Waals surface area contributed by atoms with Crippen molar-refractivity contribution in [3.8, 4) is 11.5 Å². The van der Waals surface area contributed by atoms with Gasteiger partial charge in [0.2, 0.25) is 0 Å². The fraction of sp³-hybridized carbons (Fsp3) is 0.250. The molecule has 0 fully saturated rings. The van der Waals surface area contributed by atoms with E-state index in [0.717, 1.165) is 17.7 Å². The van der Waals surface area contributed by atoms with Gasteiger partial charge in [-0.05, 0) is 24.1 Å². The van der Waals surface area contributed by atoms with E-state index in [1.54, 1.807) is 13.2 Å². The highest BCUT2D eigenvalue weighted by atomic mass is 16.5. The summed E-state index contributed by atoms with van der Waals surface area (Å²) in [6, 6.07) is 13.7. The highest BCUT2D eigenvalue weighted by Gasteiger charge is 2.07. The Morgan fingerprint density at radius 3 is 2.53 bits per heavy atom. The van der Waals surface area contributed by atoms with Gasteiger partial charge in [0, 0.05) is 17.8 Å². The molecule has 2 N–H and O–H groups in total. The SMILES string of the molecule is CCc1ccccc1NCc1cccc(OC)c1O. The summed E-state index contributed by atoms with van der Waals surface area (Å²) in [5.41, 5.74) is 3.20. The lowest BCUT2D eigenvalue weighted by Gasteiger charge is -2.13. The van der Waals surface area contributed by atoms with Crippen LogP contribution in [0.15, 0.2) is 42.5 Å². The molecule has 0 aliphatic carbocycles. The summed E-state index contributed by atoms with van der Waals surface area (Å²) in [4.78, 5) is 0. The Morgan fingerprint density at radius 1 is 1.05 bits per heavy atom. The normalized spacial score (nSPS) is 10.2. The molecule has 0 saturated carbocycles. The second-order valence-electron chi connectivity index (χ2n) is 4.33. The molecular weight excluding hydrogens is 238 g/mol. The number of anilines is 1. The van der Waals surface area contributed by atoms with E-state index in [4.69, 9.17) is 4.74 Å². The number of phenolic OH excluding ortho intramolecular Hbond substituents is 1. The zero-order valence-electron chi connectivity index (χ0n) is 11.3. The first kappa shape index (κ1) is 13.3. The Labute approximate surface area is 113 Å². The summed E-state index contributed by atoms with van der Waals surface area (Å²) in [6.07, 6.45) is 0.979. The molecule has 0 spiro atoms. The van der Waals surface area contributed by atoms with E-state index in [0.29, 0.717) is 12.3 Å². The van der Waals surface area contributed by atoms with Gasteiger partial charge in [0.25, 0.3) is 0 Å². The number of nitrogens with one attached hydrogen (secondary N) is 1. The predicted molar refractivity (Wildman–Crippen MR) is 77.8 cm³/mol. The molecule has 3 heteroatoms. The third-order valence-corrected chi connectivity index (χ3v) is 3.17. The zero-order valence-corrected chi connectivity index (χ0v) is 11.3. The predicted octanol–water partition coefficient (Wildman–Crippen LogP) is 3.58. The van der Waals surface area contributed by atoms with Crippen LogP contribution in [0.3, 0.4) is 0 Å². The molecule has 100 valence electrons. The second-order valence-corrected chi connectivity index (χ2v) is 4.33. The summed E-state index contributed by atoms with van der Waals surface area (Å²) in [5, 5.41) is 13.4. The van der Waals surface area contributed by atoms with Crippen molar-refractivity contribution in [2.45, 2.75) is 19.9 Å². The molecule has 0 amide bonds. The van der Waals surface area contributed by atoms with Gasteiger partial charge in [0.15, 0.2) is 11.5 Å². The molecule has 0 unspecified atom stereocenters. The van der Waals surface area contributed by atoms with Crippen LogP contribution in [-0.4, -0.2) is 12.2 Å². The number of hydrogen-bond acceptors (Lipinski definition) is 3. The first-order chi connectivity index (χ1) is 9.26. The molecule has 2 aromatic carbocycles. The molecule has 0 aromatic heterocycles. The first-order valence-electron chi connectivity index (χ1n) is 6.43. The fourth-order valence-electron chi connectivity index (χ4n) is 2.07. The third kappa shape index (κ3) is 2.99. The zero-order chi connectivity index (χ0) is 13.7. The van der Waals surface area contributed by atoms with Crippen LogP contribution in [0.2, 0.25) is 0 Å². The molecule has 0 heterocycles. The Kier molecular flexibility index (Phi) is 4.29. The maximum atomic E-state index is 10.0. The fourth-order valence-corrected chi connectivity index (χ4v) is 2.07. The van der Waals surface area contributed by atoms with E-state index in [1.807, 2.05) is 24.3 Å². The minimum absolute atomic E-state index is 0.200. The number of benzene rings is 2. The van der Waals surface area contributed by atoms with E-state index in [1.165, 1.54) is 5.56 Å². The maximum Gasteiger partial charge on any atom is 0.162 e. The van der Waals surface area contributed by atoms with Gasteiger partial charge in [0.05, 0.1) is 7.11 Å². The van der Waals surface area contributed by atoms with Gasteiger partial charge < -0.3 is 15.2 Å². The molecule has 0 saturated heterocycles. The Morgan fingerprint density at radius 2 is 1.79 bits per heavy atom. The van der Waals surface area contributed by atoms with Crippen LogP contribution in [0.5, 0.6) is 11.5 Å². The number of para-hydroxylation sites is 2. The maximum absolute atomic E-state index is 10.0. The van der Waals surface area contributed by atoms with Crippen molar-refractivity contribution < 1.29 is 9.84 Å². The molecule has 19 heavy (non-hydrogen) atoms. The molecule has 0 aliphatic heterocycles. The van der Waals surface area contributed by atoms with Gasteiger partial charge in [-0.25, -0.2) is 0 Å². The smallest absolute Gasteiger partial charge is 0.162 e. The number of rotatable bonds is 5. The van der Waals surface area contributed by atoms with Gasteiger partial charge in [-0.1, -0.05) is 37.3 Å². The highest BCUT2D eigenvalue weighted by molar-refractivity contribution is 5.53. The Hall–Kier alpha value is -2.16. The summed E-state index contributed by atoms with van der Waals surface area (Å²) in [6.45, 7) is 2.70. The van der Waals surface area contributed by atoms with Crippen LogP contribution in [0.25, 0.3) is 0 Å². The minimum atomic E-state index is 0.200. The standard InChI is InChI=1S/C16H19NO2/c1-3-12-7-4-5-9-14(12)17-11-13-8-6-10-15(19-2)16(13)18/h4-10,17-18H,3,11H2,1-2H3. The number of aromatic hydroxyl groups is 1. The number of hydrogen-bond donors (Lipinski definition) is 2. The molecule has 2 aromatic rings. The summed E-state index contributed by atoms with van der Waals surface area (Å²) < 4.78 is 5.10. The summed E-state index contributed by atoms with van der Waals surface area (Å²) in [5.74, 6) is 0.703. The van der Waals surface area contributed by atoms with Crippen molar-refractivity contribution in [2.75, 3.05) is 12.4 Å². The average Bonchev–Trinajstić information content (AvgIpc) is 2.46. The second kappa shape index (κ2) is 6.14. The number of methoxy groups -OCH3 is 1. The lowest BCUT2D eigenvalue weighted by molar-refractivity contribution is 0.371. The summed E-state index contributed by atoms with van der Waals surface area (Å²) in [7, 11) is 1.55. The number of aryl methyl sites for hydroxylation is 1. The van der Waals surface area contributed by atoms with Crippen molar-refractivity contribution in [3.05, 3.63) is 53.6 Å². The largest absolute Gasteiger partial charge is 0.504 e. The molecule has 0 atom stereocenters. The topological polar surface area (TPSA) is 41.5 Å². The first-order valence-corrected chi connectivity index (χ1v) is 6.43. The van der Waals surface area contributed by atoms with E-state index in [9.17, 15) is 5.11 Å². The van der Waals surface area contributed by atoms with Crippen molar-refractivity contribution in [2.24, 2.45) is 0 Å². The van der Waals surface area contributed by atoms with Crippen LogP contribution in [0.4, 0.5) is 5.69 Å². The quantitative estimate of drug-likeness (QED) is 0.860. The van der Waals surface area contributed by atoms with Gasteiger partial charge in [-0.3, -0.25) is 0 Å². The van der Waals surface area contributed by atoms with E-state index in [2.05, 4.69) is 24.4 Å². The van der Waals surface area contributed by atoms with Crippen molar-refractivity contribution in [1.29, 1.82) is 0 Å². The average molecular weight is 257 g/mol. The molecule has 0 aliphatic rings. The molecule has 3 nitrogen and oxygen atoms in total. The van der Waals surface area contributed by atoms with Crippen LogP contribution >= 0.6 is 0 Å². The van der Waals surface area contributed by atoms with E-state index >= 15 is 0 Å². The molecule has 0 bridgehead atoms. The third-order valence-electron chi connectivity index (χ3n) is 3.17. The van der Waals surface area contributed by atoms with Gasteiger partial charge in [0.1, 0.15) is 0 Å². The van der Waals surface area contributed by atoms with Crippen LogP contribution in [-0.2, 0) is 13.0 Å². The molecule has 0 radical (unpaired) electrons. The van der Waals surface area contributed by atoms with Crippen molar-refractivity contribution >= 4 is 5.69 Å². The Bertz CT molecular complexity index is 552. The van der Waals surface area contributed by atoms with Crippen LogP contribution < -0.4 is 10.1 Å². The van der Waals surface area contributed by atoms with Gasteiger partial charge in [-0.2, -0.15) is 0 Å². The van der Waals surface area contributed by atoms with Crippen molar-refractivity contribution in [3.63, 3.8) is 0 Å². The van der Waals surface area contributed by atoms with Crippen LogP contribution in [0, 0.1) is 0 Å². The van der Waals surface area contributed by atoms with Crippen LogP contribution in [0.1, 0.15) is 18.1 Å². The monoisotopic (exact) mass is 257 g/mol.